The van der Waals surface area contributed by atoms with Gasteiger partial charge in [-0.25, -0.2) is 4.79 Å². The lowest BCUT2D eigenvalue weighted by atomic mass is 10.1. The van der Waals surface area contributed by atoms with Gasteiger partial charge in [0.15, 0.2) is 0 Å². The number of nitrogens with one attached hydrogen (secondary N) is 1. The summed E-state index contributed by atoms with van der Waals surface area (Å²) in [6, 6.07) is 21.9. The second-order valence-electron chi connectivity index (χ2n) is 6.12. The van der Waals surface area contributed by atoms with Crippen molar-refractivity contribution in [2.24, 2.45) is 0 Å². The van der Waals surface area contributed by atoms with Gasteiger partial charge in [-0.1, -0.05) is 66.7 Å². The van der Waals surface area contributed by atoms with Crippen LogP contribution in [-0.2, 0) is 0 Å². The van der Waals surface area contributed by atoms with Crippen LogP contribution in [0.2, 0.25) is 0 Å². The molecule has 0 unspecified atom stereocenters. The summed E-state index contributed by atoms with van der Waals surface area (Å²) in [5.41, 5.74) is 3.42. The van der Waals surface area contributed by atoms with Crippen molar-refractivity contribution in [3.05, 3.63) is 101 Å². The number of anilines is 1. The average molecular weight is 357 g/mol. The van der Waals surface area contributed by atoms with Crippen LogP contribution < -0.4 is 5.32 Å². The molecule has 0 saturated carbocycles. The first-order valence-electron chi connectivity index (χ1n) is 8.52. The van der Waals surface area contributed by atoms with Gasteiger partial charge >= 0.3 is 5.97 Å². The van der Waals surface area contributed by atoms with Crippen LogP contribution in [0.1, 0.15) is 37.4 Å². The summed E-state index contributed by atoms with van der Waals surface area (Å²) >= 11 is 0. The van der Waals surface area contributed by atoms with Crippen LogP contribution in [0.3, 0.4) is 0 Å². The largest absolute Gasteiger partial charge is 0.478 e. The van der Waals surface area contributed by atoms with Gasteiger partial charge in [0, 0.05) is 5.56 Å². The number of aromatic carboxylic acids is 1. The molecular weight excluding hydrogens is 338 g/mol. The van der Waals surface area contributed by atoms with E-state index < -0.39 is 5.97 Å². The number of hydrogen-bond donors (Lipinski definition) is 2. The lowest BCUT2D eigenvalue weighted by Gasteiger charge is -2.11. The topological polar surface area (TPSA) is 66.4 Å². The Kier molecular flexibility index (Phi) is 5.47. The highest BCUT2D eigenvalue weighted by Gasteiger charge is 2.15. The summed E-state index contributed by atoms with van der Waals surface area (Å²) in [7, 11) is 0. The number of amides is 1. The first-order valence-corrected chi connectivity index (χ1v) is 8.52. The van der Waals surface area contributed by atoms with Gasteiger partial charge in [0.2, 0.25) is 0 Å². The van der Waals surface area contributed by atoms with Gasteiger partial charge in [-0.3, -0.25) is 4.79 Å². The number of carbonyl (C=O) groups is 2. The molecular formula is C23H19NO3. The maximum absolute atomic E-state index is 12.5. The molecule has 0 saturated heterocycles. The van der Waals surface area contributed by atoms with Crippen molar-refractivity contribution in [3.8, 4) is 0 Å². The summed E-state index contributed by atoms with van der Waals surface area (Å²) in [5, 5.41) is 12.2. The fourth-order valence-corrected chi connectivity index (χ4v) is 2.73. The standard InChI is InChI=1S/C23H19NO3/c1-16-7-5-6-10-19(16)22(25)24-21-14-13-18(15-20(21)23(26)27)12-11-17-8-3-2-4-9-17/h2-15H,1H3,(H,24,25)(H,26,27)/b12-11+. The van der Waals surface area contributed by atoms with Crippen molar-refractivity contribution in [1.82, 2.24) is 0 Å². The van der Waals surface area contributed by atoms with Crippen LogP contribution in [0.4, 0.5) is 5.69 Å². The number of hydrogen-bond acceptors (Lipinski definition) is 2. The summed E-state index contributed by atoms with van der Waals surface area (Å²) in [4.78, 5) is 24.1. The van der Waals surface area contributed by atoms with Gasteiger partial charge in [0.25, 0.3) is 5.91 Å². The Labute approximate surface area is 157 Å². The summed E-state index contributed by atoms with van der Waals surface area (Å²) in [6.07, 6.45) is 3.75. The van der Waals surface area contributed by atoms with Gasteiger partial charge in [0.1, 0.15) is 0 Å². The van der Waals surface area contributed by atoms with Crippen molar-refractivity contribution in [1.29, 1.82) is 0 Å². The zero-order chi connectivity index (χ0) is 19.2. The first-order chi connectivity index (χ1) is 13.0. The molecule has 0 aliphatic heterocycles. The van der Waals surface area contributed by atoms with E-state index in [2.05, 4.69) is 5.32 Å². The molecule has 1 amide bonds. The van der Waals surface area contributed by atoms with Crippen molar-refractivity contribution in [2.45, 2.75) is 6.92 Å². The molecule has 0 aromatic heterocycles. The zero-order valence-electron chi connectivity index (χ0n) is 14.8. The Hall–Kier alpha value is -3.66. The molecule has 4 heteroatoms. The fourth-order valence-electron chi connectivity index (χ4n) is 2.73. The highest BCUT2D eigenvalue weighted by atomic mass is 16.4. The molecule has 27 heavy (non-hydrogen) atoms. The minimum Gasteiger partial charge on any atom is -0.478 e. The molecule has 0 aliphatic carbocycles. The Morgan fingerprint density at radius 2 is 1.48 bits per heavy atom. The predicted octanol–water partition coefficient (Wildman–Crippen LogP) is 5.12. The van der Waals surface area contributed by atoms with Crippen LogP contribution in [0.5, 0.6) is 0 Å². The molecule has 3 aromatic carbocycles. The Morgan fingerprint density at radius 1 is 0.815 bits per heavy atom. The number of carboxylic acid groups (broad SMARTS) is 1. The normalized spacial score (nSPS) is 10.7. The fraction of sp³-hybridized carbons (Fsp3) is 0.0435. The number of carbonyl (C=O) groups excluding carboxylic acids is 1. The highest BCUT2D eigenvalue weighted by molar-refractivity contribution is 6.08. The second kappa shape index (κ2) is 8.15. The number of aryl methyl sites for hydroxylation is 1. The summed E-state index contributed by atoms with van der Waals surface area (Å²) < 4.78 is 0. The smallest absolute Gasteiger partial charge is 0.337 e. The third-order valence-corrected chi connectivity index (χ3v) is 4.18. The Morgan fingerprint density at radius 3 is 2.19 bits per heavy atom. The van der Waals surface area contributed by atoms with E-state index >= 15 is 0 Å². The van der Waals surface area contributed by atoms with Crippen LogP contribution in [0.15, 0.2) is 72.8 Å². The Bertz CT molecular complexity index is 1010. The van der Waals surface area contributed by atoms with E-state index in [9.17, 15) is 14.7 Å². The minimum absolute atomic E-state index is 0.0483. The minimum atomic E-state index is -1.09. The van der Waals surface area contributed by atoms with Gasteiger partial charge < -0.3 is 10.4 Å². The maximum atomic E-state index is 12.5. The van der Waals surface area contributed by atoms with Crippen molar-refractivity contribution >= 4 is 29.7 Å². The SMILES string of the molecule is Cc1ccccc1C(=O)Nc1ccc(/C=C/c2ccccc2)cc1C(=O)O. The van der Waals surface area contributed by atoms with Crippen LogP contribution >= 0.6 is 0 Å². The molecule has 4 nitrogen and oxygen atoms in total. The van der Waals surface area contributed by atoms with E-state index in [1.807, 2.05) is 61.5 Å². The molecule has 0 atom stereocenters. The average Bonchev–Trinajstić information content (AvgIpc) is 2.68. The van der Waals surface area contributed by atoms with Gasteiger partial charge in [-0.2, -0.15) is 0 Å². The van der Waals surface area contributed by atoms with Crippen molar-refractivity contribution < 1.29 is 14.7 Å². The van der Waals surface area contributed by atoms with Crippen molar-refractivity contribution in [2.75, 3.05) is 5.32 Å². The van der Waals surface area contributed by atoms with Crippen LogP contribution in [0, 0.1) is 6.92 Å². The zero-order valence-corrected chi connectivity index (χ0v) is 14.8. The quantitative estimate of drug-likeness (QED) is 0.623. The van der Waals surface area contributed by atoms with Gasteiger partial charge in [-0.05, 0) is 41.8 Å². The van der Waals surface area contributed by atoms with E-state index in [0.717, 1.165) is 16.7 Å². The molecule has 2 N–H and O–H groups in total. The van der Waals surface area contributed by atoms with E-state index in [4.69, 9.17) is 0 Å². The molecule has 0 radical (unpaired) electrons. The number of carboxylic acids is 1. The molecule has 3 rings (SSSR count). The van der Waals surface area contributed by atoms with E-state index in [-0.39, 0.29) is 17.2 Å². The summed E-state index contributed by atoms with van der Waals surface area (Å²) in [5.74, 6) is -1.42. The molecule has 134 valence electrons. The highest BCUT2D eigenvalue weighted by Crippen LogP contribution is 2.21. The lowest BCUT2D eigenvalue weighted by Crippen LogP contribution is -2.16. The number of rotatable bonds is 5. The maximum Gasteiger partial charge on any atom is 0.337 e. The summed E-state index contributed by atoms with van der Waals surface area (Å²) in [6.45, 7) is 1.84. The van der Waals surface area contributed by atoms with Crippen LogP contribution in [-0.4, -0.2) is 17.0 Å². The molecule has 3 aromatic rings. The second-order valence-corrected chi connectivity index (χ2v) is 6.12. The molecule has 0 heterocycles. The monoisotopic (exact) mass is 357 g/mol. The molecule has 0 fully saturated rings. The molecule has 0 bridgehead atoms. The third-order valence-electron chi connectivity index (χ3n) is 4.18. The molecule has 0 spiro atoms. The van der Waals surface area contributed by atoms with Gasteiger partial charge in [-0.15, -0.1) is 0 Å². The van der Waals surface area contributed by atoms with Crippen molar-refractivity contribution in [3.63, 3.8) is 0 Å². The third kappa shape index (κ3) is 4.50. The van der Waals surface area contributed by atoms with E-state index in [0.29, 0.717) is 5.56 Å². The Balaban J connectivity index is 1.86. The molecule has 0 aliphatic rings. The lowest BCUT2D eigenvalue weighted by molar-refractivity contribution is 0.0698. The van der Waals surface area contributed by atoms with Gasteiger partial charge in [0.05, 0.1) is 11.3 Å². The van der Waals surface area contributed by atoms with E-state index in [1.54, 1.807) is 30.3 Å². The number of benzene rings is 3. The first kappa shape index (κ1) is 18.1. The van der Waals surface area contributed by atoms with E-state index in [1.165, 1.54) is 0 Å². The predicted molar refractivity (Wildman–Crippen MR) is 108 cm³/mol. The van der Waals surface area contributed by atoms with Crippen LogP contribution in [0.25, 0.3) is 12.2 Å².